The Morgan fingerprint density at radius 1 is 1.08 bits per heavy atom. The molecule has 4 heteroatoms. The monoisotopic (exact) mass is 326 g/mol. The van der Waals surface area contributed by atoms with Crippen LogP contribution in [0.15, 0.2) is 42.5 Å². The SMILES string of the molecule is Cc1ccc(N2CCN(Cc3ccc(F)cc3)C(C)C2=O)c(C)c1. The van der Waals surface area contributed by atoms with Crippen molar-refractivity contribution in [2.75, 3.05) is 18.0 Å². The number of anilines is 1. The lowest BCUT2D eigenvalue weighted by Gasteiger charge is -2.39. The lowest BCUT2D eigenvalue weighted by molar-refractivity contribution is -0.125. The largest absolute Gasteiger partial charge is 0.310 e. The summed E-state index contributed by atoms with van der Waals surface area (Å²) in [5, 5.41) is 0. The summed E-state index contributed by atoms with van der Waals surface area (Å²) in [7, 11) is 0. The molecule has 1 unspecified atom stereocenters. The predicted octanol–water partition coefficient (Wildman–Crippen LogP) is 3.68. The maximum atomic E-state index is 13.0. The van der Waals surface area contributed by atoms with Crippen molar-refractivity contribution in [1.29, 1.82) is 0 Å². The fourth-order valence-electron chi connectivity index (χ4n) is 3.30. The molecule has 0 N–H and O–H groups in total. The van der Waals surface area contributed by atoms with E-state index in [0.717, 1.165) is 23.4 Å². The molecule has 3 nitrogen and oxygen atoms in total. The summed E-state index contributed by atoms with van der Waals surface area (Å²) in [5.74, 6) is -0.113. The lowest BCUT2D eigenvalue weighted by atomic mass is 10.1. The molecule has 1 saturated heterocycles. The number of benzene rings is 2. The summed E-state index contributed by atoms with van der Waals surface area (Å²) in [5.41, 5.74) is 4.35. The van der Waals surface area contributed by atoms with Crippen LogP contribution in [0.25, 0.3) is 0 Å². The molecule has 1 aliphatic rings. The van der Waals surface area contributed by atoms with Crippen LogP contribution in [-0.4, -0.2) is 29.9 Å². The fraction of sp³-hybridized carbons (Fsp3) is 0.350. The second-order valence-corrected chi connectivity index (χ2v) is 6.55. The van der Waals surface area contributed by atoms with Gasteiger partial charge in [0, 0.05) is 25.3 Å². The van der Waals surface area contributed by atoms with E-state index in [2.05, 4.69) is 17.9 Å². The topological polar surface area (TPSA) is 23.6 Å². The highest BCUT2D eigenvalue weighted by atomic mass is 19.1. The zero-order valence-corrected chi connectivity index (χ0v) is 14.4. The number of hydrogen-bond donors (Lipinski definition) is 0. The minimum Gasteiger partial charge on any atom is -0.310 e. The van der Waals surface area contributed by atoms with E-state index in [0.29, 0.717) is 13.1 Å². The molecule has 1 amide bonds. The molecule has 0 spiro atoms. The first-order chi connectivity index (χ1) is 11.5. The van der Waals surface area contributed by atoms with Gasteiger partial charge >= 0.3 is 0 Å². The van der Waals surface area contributed by atoms with E-state index in [-0.39, 0.29) is 17.8 Å². The van der Waals surface area contributed by atoms with Gasteiger partial charge in [-0.3, -0.25) is 9.69 Å². The van der Waals surface area contributed by atoms with Gasteiger partial charge in [-0.05, 0) is 50.1 Å². The van der Waals surface area contributed by atoms with E-state index >= 15 is 0 Å². The van der Waals surface area contributed by atoms with Crippen LogP contribution in [0.4, 0.5) is 10.1 Å². The van der Waals surface area contributed by atoms with Gasteiger partial charge in [0.15, 0.2) is 0 Å². The molecule has 24 heavy (non-hydrogen) atoms. The fourth-order valence-corrected chi connectivity index (χ4v) is 3.30. The number of carbonyl (C=O) groups excluding carboxylic acids is 1. The average Bonchev–Trinajstić information content (AvgIpc) is 2.55. The van der Waals surface area contributed by atoms with Crippen molar-refractivity contribution in [3.05, 3.63) is 65.0 Å². The van der Waals surface area contributed by atoms with Gasteiger partial charge in [0.05, 0.1) is 6.04 Å². The first kappa shape index (κ1) is 16.7. The molecule has 0 aliphatic carbocycles. The van der Waals surface area contributed by atoms with E-state index in [1.807, 2.05) is 30.9 Å². The van der Waals surface area contributed by atoms with Crippen LogP contribution < -0.4 is 4.90 Å². The van der Waals surface area contributed by atoms with Crippen LogP contribution in [0.2, 0.25) is 0 Å². The smallest absolute Gasteiger partial charge is 0.244 e. The number of amides is 1. The van der Waals surface area contributed by atoms with Gasteiger partial charge < -0.3 is 4.90 Å². The minimum absolute atomic E-state index is 0.121. The molecule has 1 aliphatic heterocycles. The maximum absolute atomic E-state index is 13.0. The molecule has 0 aromatic heterocycles. The Hall–Kier alpha value is -2.20. The number of carbonyl (C=O) groups is 1. The van der Waals surface area contributed by atoms with Crippen LogP contribution in [0.1, 0.15) is 23.6 Å². The van der Waals surface area contributed by atoms with Gasteiger partial charge in [-0.2, -0.15) is 0 Å². The summed E-state index contributed by atoms with van der Waals surface area (Å²) in [6, 6.07) is 12.5. The highest BCUT2D eigenvalue weighted by Gasteiger charge is 2.32. The maximum Gasteiger partial charge on any atom is 0.244 e. The third kappa shape index (κ3) is 3.34. The number of aryl methyl sites for hydroxylation is 2. The molecule has 1 atom stereocenters. The number of rotatable bonds is 3. The van der Waals surface area contributed by atoms with E-state index in [1.165, 1.54) is 17.7 Å². The summed E-state index contributed by atoms with van der Waals surface area (Å²) in [6.07, 6.45) is 0. The van der Waals surface area contributed by atoms with Crippen molar-refractivity contribution >= 4 is 11.6 Å². The quantitative estimate of drug-likeness (QED) is 0.859. The summed E-state index contributed by atoms with van der Waals surface area (Å²) in [4.78, 5) is 16.9. The van der Waals surface area contributed by atoms with Crippen LogP contribution in [0.3, 0.4) is 0 Å². The third-order valence-electron chi connectivity index (χ3n) is 4.72. The summed E-state index contributed by atoms with van der Waals surface area (Å²) < 4.78 is 13.0. The highest BCUT2D eigenvalue weighted by Crippen LogP contribution is 2.25. The standard InChI is InChI=1S/C20H23FN2O/c1-14-4-9-19(15(2)12-14)23-11-10-22(16(3)20(23)24)13-17-5-7-18(21)8-6-17/h4-9,12,16H,10-11,13H2,1-3H3. The predicted molar refractivity (Wildman–Crippen MR) is 94.5 cm³/mol. The molecule has 3 rings (SSSR count). The number of halogens is 1. The Kier molecular flexibility index (Phi) is 4.67. The Balaban J connectivity index is 1.74. The molecule has 0 bridgehead atoms. The lowest BCUT2D eigenvalue weighted by Crippen LogP contribution is -2.55. The van der Waals surface area contributed by atoms with Gasteiger partial charge in [0.2, 0.25) is 5.91 Å². The molecule has 2 aromatic carbocycles. The van der Waals surface area contributed by atoms with Gasteiger partial charge in [0.1, 0.15) is 5.82 Å². The molecule has 0 saturated carbocycles. The Morgan fingerprint density at radius 2 is 1.79 bits per heavy atom. The average molecular weight is 326 g/mol. The molecule has 126 valence electrons. The van der Waals surface area contributed by atoms with Crippen molar-refractivity contribution in [3.8, 4) is 0 Å². The van der Waals surface area contributed by atoms with Crippen LogP contribution in [0.5, 0.6) is 0 Å². The van der Waals surface area contributed by atoms with Crippen molar-refractivity contribution in [3.63, 3.8) is 0 Å². The summed E-state index contributed by atoms with van der Waals surface area (Å²) >= 11 is 0. The zero-order valence-electron chi connectivity index (χ0n) is 14.4. The first-order valence-corrected chi connectivity index (χ1v) is 8.33. The van der Waals surface area contributed by atoms with Crippen molar-refractivity contribution in [1.82, 2.24) is 4.90 Å². The van der Waals surface area contributed by atoms with Gasteiger partial charge in [-0.15, -0.1) is 0 Å². The Bertz CT molecular complexity index is 742. The molecule has 2 aromatic rings. The normalized spacial score (nSPS) is 18.9. The van der Waals surface area contributed by atoms with Crippen LogP contribution >= 0.6 is 0 Å². The first-order valence-electron chi connectivity index (χ1n) is 8.33. The second-order valence-electron chi connectivity index (χ2n) is 6.55. The van der Waals surface area contributed by atoms with E-state index in [4.69, 9.17) is 0 Å². The molecule has 1 fully saturated rings. The van der Waals surface area contributed by atoms with Gasteiger partial charge in [0.25, 0.3) is 0 Å². The molecule has 0 radical (unpaired) electrons. The summed E-state index contributed by atoms with van der Waals surface area (Å²) in [6.45, 7) is 8.19. The molecular formula is C20H23FN2O. The number of nitrogens with zero attached hydrogens (tertiary/aromatic N) is 2. The van der Waals surface area contributed by atoms with Gasteiger partial charge in [-0.25, -0.2) is 4.39 Å². The van der Waals surface area contributed by atoms with E-state index in [1.54, 1.807) is 12.1 Å². The molecular weight excluding hydrogens is 303 g/mol. The van der Waals surface area contributed by atoms with Crippen molar-refractivity contribution in [2.24, 2.45) is 0 Å². The minimum atomic E-state index is -0.234. The Morgan fingerprint density at radius 3 is 2.46 bits per heavy atom. The van der Waals surface area contributed by atoms with E-state index < -0.39 is 0 Å². The van der Waals surface area contributed by atoms with Crippen LogP contribution in [-0.2, 0) is 11.3 Å². The van der Waals surface area contributed by atoms with E-state index in [9.17, 15) is 9.18 Å². The highest BCUT2D eigenvalue weighted by molar-refractivity contribution is 5.98. The number of piperazine rings is 1. The third-order valence-corrected chi connectivity index (χ3v) is 4.72. The van der Waals surface area contributed by atoms with Crippen molar-refractivity contribution in [2.45, 2.75) is 33.4 Å². The van der Waals surface area contributed by atoms with Gasteiger partial charge in [-0.1, -0.05) is 29.8 Å². The molecule has 1 heterocycles. The van der Waals surface area contributed by atoms with Crippen LogP contribution in [0, 0.1) is 19.7 Å². The second kappa shape index (κ2) is 6.73. The Labute approximate surface area is 142 Å². The number of hydrogen-bond acceptors (Lipinski definition) is 2. The zero-order chi connectivity index (χ0) is 17.3. The van der Waals surface area contributed by atoms with Crippen molar-refractivity contribution < 1.29 is 9.18 Å².